The van der Waals surface area contributed by atoms with Gasteiger partial charge in [0, 0.05) is 31.7 Å². The standard InChI is InChI=1S/C26H32N2O3/c1-26(2,3)31-25(30)27-15-12-21-9-6-20(18-22(21)13-16-27)17-19-7-10-23(11-8-19)28-14-4-5-24(28)29/h6-11,18H,4-5,12-17H2,1-3H3. The molecule has 164 valence electrons. The normalized spacial score (nSPS) is 16.8. The lowest BCUT2D eigenvalue weighted by atomic mass is 9.96. The molecule has 0 unspecified atom stereocenters. The molecule has 1 fully saturated rings. The summed E-state index contributed by atoms with van der Waals surface area (Å²) in [6.07, 6.45) is 3.93. The van der Waals surface area contributed by atoms with Gasteiger partial charge in [0.05, 0.1) is 0 Å². The Morgan fingerprint density at radius 1 is 0.903 bits per heavy atom. The summed E-state index contributed by atoms with van der Waals surface area (Å²) in [7, 11) is 0. The largest absolute Gasteiger partial charge is 0.444 e. The molecule has 4 rings (SSSR count). The molecule has 0 spiro atoms. The van der Waals surface area contributed by atoms with Crippen LogP contribution in [-0.4, -0.2) is 42.1 Å². The van der Waals surface area contributed by atoms with Crippen molar-refractivity contribution >= 4 is 17.7 Å². The van der Waals surface area contributed by atoms with E-state index in [1.807, 2.05) is 30.6 Å². The molecule has 1 saturated heterocycles. The van der Waals surface area contributed by atoms with Crippen LogP contribution in [0.1, 0.15) is 55.9 Å². The average molecular weight is 421 g/mol. The maximum absolute atomic E-state index is 12.4. The zero-order valence-electron chi connectivity index (χ0n) is 18.8. The van der Waals surface area contributed by atoms with Gasteiger partial charge in [0.2, 0.25) is 5.91 Å². The molecule has 2 heterocycles. The van der Waals surface area contributed by atoms with Crippen molar-refractivity contribution in [2.45, 2.75) is 58.5 Å². The van der Waals surface area contributed by atoms with Gasteiger partial charge in [0.1, 0.15) is 5.60 Å². The Morgan fingerprint density at radius 3 is 2.23 bits per heavy atom. The second-order valence-electron chi connectivity index (χ2n) is 9.56. The quantitative estimate of drug-likeness (QED) is 0.721. The molecule has 0 radical (unpaired) electrons. The summed E-state index contributed by atoms with van der Waals surface area (Å²) in [5.41, 5.74) is 5.67. The molecule has 2 aromatic carbocycles. The Labute approximate surface area is 185 Å². The first-order valence-corrected chi connectivity index (χ1v) is 11.3. The van der Waals surface area contributed by atoms with E-state index >= 15 is 0 Å². The van der Waals surface area contributed by atoms with Crippen LogP contribution < -0.4 is 4.90 Å². The first-order valence-electron chi connectivity index (χ1n) is 11.3. The van der Waals surface area contributed by atoms with E-state index in [9.17, 15) is 9.59 Å². The summed E-state index contributed by atoms with van der Waals surface area (Å²) >= 11 is 0. The summed E-state index contributed by atoms with van der Waals surface area (Å²) in [4.78, 5) is 28.1. The van der Waals surface area contributed by atoms with Crippen LogP contribution in [0, 0.1) is 0 Å². The van der Waals surface area contributed by atoms with Crippen molar-refractivity contribution in [3.05, 3.63) is 64.7 Å². The SMILES string of the molecule is CC(C)(C)OC(=O)N1CCc2ccc(Cc3ccc(N4CCCC4=O)cc3)cc2CC1. The molecule has 0 bridgehead atoms. The predicted molar refractivity (Wildman–Crippen MR) is 122 cm³/mol. The minimum Gasteiger partial charge on any atom is -0.444 e. The molecule has 31 heavy (non-hydrogen) atoms. The first-order chi connectivity index (χ1) is 14.8. The monoisotopic (exact) mass is 420 g/mol. The van der Waals surface area contributed by atoms with Gasteiger partial charge in [0.25, 0.3) is 0 Å². The lowest BCUT2D eigenvalue weighted by molar-refractivity contribution is -0.117. The van der Waals surface area contributed by atoms with Crippen LogP contribution in [0.4, 0.5) is 10.5 Å². The highest BCUT2D eigenvalue weighted by Crippen LogP contribution is 2.24. The van der Waals surface area contributed by atoms with Crippen molar-refractivity contribution in [1.29, 1.82) is 0 Å². The average Bonchev–Trinajstić information content (AvgIpc) is 3.02. The third kappa shape index (κ3) is 5.27. The number of carbonyl (C=O) groups excluding carboxylic acids is 2. The van der Waals surface area contributed by atoms with Gasteiger partial charge in [-0.1, -0.05) is 30.3 Å². The van der Waals surface area contributed by atoms with E-state index < -0.39 is 5.60 Å². The van der Waals surface area contributed by atoms with Gasteiger partial charge in [-0.2, -0.15) is 0 Å². The summed E-state index contributed by atoms with van der Waals surface area (Å²) in [6, 6.07) is 15.0. The number of carbonyl (C=O) groups is 2. The fraction of sp³-hybridized carbons (Fsp3) is 0.462. The predicted octanol–water partition coefficient (Wildman–Crippen LogP) is 4.74. The van der Waals surface area contributed by atoms with Crippen LogP contribution in [-0.2, 0) is 28.8 Å². The Kier molecular flexibility index (Phi) is 6.03. The van der Waals surface area contributed by atoms with Crippen molar-refractivity contribution in [3.8, 4) is 0 Å². The van der Waals surface area contributed by atoms with Crippen molar-refractivity contribution in [3.63, 3.8) is 0 Å². The Morgan fingerprint density at radius 2 is 1.58 bits per heavy atom. The maximum atomic E-state index is 12.4. The second kappa shape index (κ2) is 8.74. The second-order valence-corrected chi connectivity index (χ2v) is 9.56. The third-order valence-electron chi connectivity index (χ3n) is 5.95. The summed E-state index contributed by atoms with van der Waals surface area (Å²) < 4.78 is 5.55. The highest BCUT2D eigenvalue weighted by atomic mass is 16.6. The van der Waals surface area contributed by atoms with Crippen molar-refractivity contribution in [2.24, 2.45) is 0 Å². The fourth-order valence-corrected chi connectivity index (χ4v) is 4.35. The molecule has 0 aromatic heterocycles. The lowest BCUT2D eigenvalue weighted by Crippen LogP contribution is -2.38. The molecule has 2 amide bonds. The summed E-state index contributed by atoms with van der Waals surface area (Å²) in [6.45, 7) is 7.91. The number of fused-ring (bicyclic) bond motifs is 1. The molecule has 2 aliphatic rings. The minimum atomic E-state index is -0.471. The molecular formula is C26H32N2O3. The van der Waals surface area contributed by atoms with Crippen LogP contribution in [0.2, 0.25) is 0 Å². The number of hydrogen-bond donors (Lipinski definition) is 0. The number of ether oxygens (including phenoxy) is 1. The zero-order valence-corrected chi connectivity index (χ0v) is 18.8. The van der Waals surface area contributed by atoms with E-state index in [2.05, 4.69) is 42.5 Å². The topological polar surface area (TPSA) is 49.9 Å². The number of amides is 2. The van der Waals surface area contributed by atoms with E-state index in [0.717, 1.165) is 37.9 Å². The molecule has 5 nitrogen and oxygen atoms in total. The number of anilines is 1. The highest BCUT2D eigenvalue weighted by molar-refractivity contribution is 5.95. The Bertz CT molecular complexity index is 960. The molecule has 0 atom stereocenters. The van der Waals surface area contributed by atoms with E-state index in [0.29, 0.717) is 19.5 Å². The summed E-state index contributed by atoms with van der Waals surface area (Å²) in [5.74, 6) is 0.221. The highest BCUT2D eigenvalue weighted by Gasteiger charge is 2.24. The third-order valence-corrected chi connectivity index (χ3v) is 5.95. The molecule has 0 saturated carbocycles. The van der Waals surface area contributed by atoms with Gasteiger partial charge in [-0.15, -0.1) is 0 Å². The first kappa shape index (κ1) is 21.4. The Balaban J connectivity index is 1.40. The Hall–Kier alpha value is -2.82. The van der Waals surface area contributed by atoms with Crippen LogP contribution in [0.25, 0.3) is 0 Å². The van der Waals surface area contributed by atoms with Gasteiger partial charge in [0.15, 0.2) is 0 Å². The van der Waals surface area contributed by atoms with Crippen molar-refractivity contribution in [2.75, 3.05) is 24.5 Å². The zero-order chi connectivity index (χ0) is 22.0. The molecule has 0 aliphatic carbocycles. The minimum absolute atomic E-state index is 0.221. The van der Waals surface area contributed by atoms with Crippen molar-refractivity contribution < 1.29 is 14.3 Å². The smallest absolute Gasteiger partial charge is 0.410 e. The van der Waals surface area contributed by atoms with E-state index in [1.54, 1.807) is 0 Å². The van der Waals surface area contributed by atoms with Crippen LogP contribution >= 0.6 is 0 Å². The molecule has 5 heteroatoms. The number of benzene rings is 2. The molecule has 0 N–H and O–H groups in total. The van der Waals surface area contributed by atoms with Gasteiger partial charge >= 0.3 is 6.09 Å². The van der Waals surface area contributed by atoms with Crippen LogP contribution in [0.3, 0.4) is 0 Å². The number of nitrogens with zero attached hydrogens (tertiary/aromatic N) is 2. The number of hydrogen-bond acceptors (Lipinski definition) is 3. The van der Waals surface area contributed by atoms with E-state index in [-0.39, 0.29) is 12.0 Å². The summed E-state index contributed by atoms with van der Waals surface area (Å²) in [5, 5.41) is 0. The van der Waals surface area contributed by atoms with Crippen molar-refractivity contribution in [1.82, 2.24) is 4.90 Å². The molecule has 2 aliphatic heterocycles. The van der Waals surface area contributed by atoms with Gasteiger partial charge in [-0.3, -0.25) is 4.79 Å². The van der Waals surface area contributed by atoms with Gasteiger partial charge in [-0.25, -0.2) is 4.79 Å². The fourth-order valence-electron chi connectivity index (χ4n) is 4.35. The van der Waals surface area contributed by atoms with E-state index in [4.69, 9.17) is 4.74 Å². The number of rotatable bonds is 3. The maximum Gasteiger partial charge on any atom is 0.410 e. The van der Waals surface area contributed by atoms with Crippen LogP contribution in [0.15, 0.2) is 42.5 Å². The molecular weight excluding hydrogens is 388 g/mol. The van der Waals surface area contributed by atoms with E-state index in [1.165, 1.54) is 22.3 Å². The van der Waals surface area contributed by atoms with Crippen LogP contribution in [0.5, 0.6) is 0 Å². The van der Waals surface area contributed by atoms with Gasteiger partial charge < -0.3 is 14.5 Å². The lowest BCUT2D eigenvalue weighted by Gasteiger charge is -2.26. The molecule has 2 aromatic rings. The van der Waals surface area contributed by atoms with Gasteiger partial charge in [-0.05, 0) is 80.8 Å².